The Morgan fingerprint density at radius 3 is 2.70 bits per heavy atom. The molecule has 20 heavy (non-hydrogen) atoms. The summed E-state index contributed by atoms with van der Waals surface area (Å²) in [5.41, 5.74) is 3.79. The van der Waals surface area contributed by atoms with E-state index in [0.29, 0.717) is 6.61 Å². The molecule has 1 saturated carbocycles. The summed E-state index contributed by atoms with van der Waals surface area (Å²) in [7, 11) is 1.94. The van der Waals surface area contributed by atoms with Crippen LogP contribution in [0, 0.1) is 5.92 Å². The van der Waals surface area contributed by atoms with Gasteiger partial charge in [0.1, 0.15) is 0 Å². The average molecular weight is 345 g/mol. The molecule has 0 aliphatic heterocycles. The van der Waals surface area contributed by atoms with Crippen LogP contribution in [0.15, 0.2) is 10.7 Å². The highest BCUT2D eigenvalue weighted by Crippen LogP contribution is 2.44. The Morgan fingerprint density at radius 1 is 1.60 bits per heavy atom. The Kier molecular flexibility index (Phi) is 5.23. The van der Waals surface area contributed by atoms with Gasteiger partial charge in [0.15, 0.2) is 0 Å². The predicted octanol–water partition coefficient (Wildman–Crippen LogP) is 2.67. The monoisotopic (exact) mass is 344 g/mol. The van der Waals surface area contributed by atoms with Gasteiger partial charge >= 0.3 is 0 Å². The van der Waals surface area contributed by atoms with Gasteiger partial charge in [-0.05, 0) is 54.5 Å². The van der Waals surface area contributed by atoms with Crippen LogP contribution in [-0.4, -0.2) is 22.0 Å². The zero-order valence-electron chi connectivity index (χ0n) is 12.5. The van der Waals surface area contributed by atoms with Crippen molar-refractivity contribution in [3.05, 3.63) is 16.4 Å². The molecule has 0 amide bonds. The van der Waals surface area contributed by atoms with Crippen molar-refractivity contribution in [1.29, 1.82) is 0 Å². The summed E-state index contributed by atoms with van der Waals surface area (Å²) in [4.78, 5) is 0. The summed E-state index contributed by atoms with van der Waals surface area (Å²) < 4.78 is 9.04. The van der Waals surface area contributed by atoms with Crippen LogP contribution in [0.5, 0.6) is 0 Å². The third-order valence-electron chi connectivity index (χ3n) is 4.46. The minimum absolute atomic E-state index is 0.0585. The largest absolute Gasteiger partial charge is 0.373 e. The summed E-state index contributed by atoms with van der Waals surface area (Å²) in [6, 6.07) is -0.0585. The highest BCUT2D eigenvalue weighted by atomic mass is 79.9. The van der Waals surface area contributed by atoms with Gasteiger partial charge in [0, 0.05) is 13.7 Å². The lowest BCUT2D eigenvalue weighted by Gasteiger charge is -2.44. The fourth-order valence-corrected chi connectivity index (χ4v) is 3.86. The van der Waals surface area contributed by atoms with Gasteiger partial charge in [-0.25, -0.2) is 5.43 Å². The minimum Gasteiger partial charge on any atom is -0.373 e. The Hall–Kier alpha value is -0.430. The number of nitrogens with zero attached hydrogens (tertiary/aromatic N) is 2. The molecular formula is C14H25BrN4O. The highest BCUT2D eigenvalue weighted by molar-refractivity contribution is 9.10. The smallest absolute Gasteiger partial charge is 0.0929 e. The van der Waals surface area contributed by atoms with Gasteiger partial charge in [0.05, 0.1) is 28.0 Å². The molecular weight excluding hydrogens is 320 g/mol. The lowest BCUT2D eigenvalue weighted by Crippen LogP contribution is -2.51. The van der Waals surface area contributed by atoms with Crippen LogP contribution in [0.2, 0.25) is 0 Å². The average Bonchev–Trinajstić information content (AvgIpc) is 2.75. The topological polar surface area (TPSA) is 65.1 Å². The van der Waals surface area contributed by atoms with Crippen LogP contribution in [-0.2, 0) is 11.8 Å². The van der Waals surface area contributed by atoms with Gasteiger partial charge < -0.3 is 4.74 Å². The lowest BCUT2D eigenvalue weighted by molar-refractivity contribution is -0.0993. The zero-order valence-corrected chi connectivity index (χ0v) is 14.1. The van der Waals surface area contributed by atoms with Gasteiger partial charge in [0.2, 0.25) is 0 Å². The van der Waals surface area contributed by atoms with E-state index in [4.69, 9.17) is 10.6 Å². The fourth-order valence-electron chi connectivity index (χ4n) is 3.28. The van der Waals surface area contributed by atoms with E-state index < -0.39 is 0 Å². The number of nitrogens with two attached hydrogens (primary N) is 1. The molecule has 1 aliphatic carbocycles. The molecule has 0 radical (unpaired) electrons. The van der Waals surface area contributed by atoms with Crippen LogP contribution in [0.4, 0.5) is 0 Å². The second-order valence-electron chi connectivity index (χ2n) is 5.78. The number of rotatable bonds is 5. The molecule has 6 heteroatoms. The first-order valence-corrected chi connectivity index (χ1v) is 8.11. The summed E-state index contributed by atoms with van der Waals surface area (Å²) in [6.45, 7) is 5.05. The van der Waals surface area contributed by atoms with E-state index in [2.05, 4.69) is 33.4 Å². The number of aromatic nitrogens is 2. The van der Waals surface area contributed by atoms with E-state index in [1.54, 1.807) is 0 Å². The number of hydrogen-bond donors (Lipinski definition) is 2. The molecule has 114 valence electrons. The third kappa shape index (κ3) is 2.93. The number of hydrazine groups is 1. The Bertz CT molecular complexity index is 421. The summed E-state index contributed by atoms with van der Waals surface area (Å²) in [5.74, 6) is 6.65. The number of halogens is 1. The molecule has 1 atom stereocenters. The van der Waals surface area contributed by atoms with Crippen LogP contribution in [0.3, 0.4) is 0 Å². The first kappa shape index (κ1) is 15.9. The molecule has 0 spiro atoms. The van der Waals surface area contributed by atoms with Crippen LogP contribution >= 0.6 is 15.9 Å². The van der Waals surface area contributed by atoms with Crippen molar-refractivity contribution in [2.75, 3.05) is 6.61 Å². The maximum absolute atomic E-state index is 6.20. The molecule has 0 aromatic carbocycles. The van der Waals surface area contributed by atoms with Crippen molar-refractivity contribution in [2.24, 2.45) is 18.8 Å². The molecule has 1 aromatic heterocycles. The molecule has 1 aliphatic rings. The molecule has 5 nitrogen and oxygen atoms in total. The van der Waals surface area contributed by atoms with E-state index in [1.165, 1.54) is 12.8 Å². The van der Waals surface area contributed by atoms with Gasteiger partial charge in [0.25, 0.3) is 0 Å². The molecule has 0 saturated heterocycles. The van der Waals surface area contributed by atoms with Crippen LogP contribution in [0.1, 0.15) is 51.3 Å². The van der Waals surface area contributed by atoms with Gasteiger partial charge in [-0.3, -0.25) is 10.5 Å². The fraction of sp³-hybridized carbons (Fsp3) is 0.786. The second-order valence-corrected chi connectivity index (χ2v) is 6.64. The standard InChI is InChI=1S/C14H25BrN4O/c1-4-20-14(7-5-10(2)6-8-14)13(18-16)12-11(15)9-17-19(12)3/h9-10,13,18H,4-8,16H2,1-3H3. The molecule has 3 N–H and O–H groups in total. The van der Waals surface area contributed by atoms with E-state index in [-0.39, 0.29) is 11.6 Å². The number of nitrogens with one attached hydrogen (secondary N) is 1. The van der Waals surface area contributed by atoms with Crippen LogP contribution < -0.4 is 11.3 Å². The van der Waals surface area contributed by atoms with Crippen molar-refractivity contribution >= 4 is 15.9 Å². The Labute approximate surface area is 129 Å². The van der Waals surface area contributed by atoms with Crippen molar-refractivity contribution in [1.82, 2.24) is 15.2 Å². The Balaban J connectivity index is 2.35. The molecule has 0 bridgehead atoms. The van der Waals surface area contributed by atoms with Crippen LogP contribution in [0.25, 0.3) is 0 Å². The van der Waals surface area contributed by atoms with Crippen molar-refractivity contribution < 1.29 is 4.74 Å². The van der Waals surface area contributed by atoms with Crippen molar-refractivity contribution in [3.8, 4) is 0 Å². The molecule has 1 heterocycles. The molecule has 1 unspecified atom stereocenters. The van der Waals surface area contributed by atoms with Gasteiger partial charge in [-0.2, -0.15) is 5.10 Å². The number of hydrogen-bond acceptors (Lipinski definition) is 4. The highest BCUT2D eigenvalue weighted by Gasteiger charge is 2.44. The molecule has 2 rings (SSSR count). The van der Waals surface area contributed by atoms with Crippen molar-refractivity contribution in [2.45, 2.75) is 51.2 Å². The van der Waals surface area contributed by atoms with E-state index in [9.17, 15) is 0 Å². The number of ether oxygens (including phenoxy) is 1. The SMILES string of the molecule is CCOC1(C(NN)c2c(Br)cnn2C)CCC(C)CC1. The predicted molar refractivity (Wildman–Crippen MR) is 83.0 cm³/mol. The van der Waals surface area contributed by atoms with E-state index >= 15 is 0 Å². The second kappa shape index (κ2) is 6.56. The van der Waals surface area contributed by atoms with Gasteiger partial charge in [-0.15, -0.1) is 0 Å². The Morgan fingerprint density at radius 2 is 2.25 bits per heavy atom. The normalized spacial score (nSPS) is 28.6. The maximum Gasteiger partial charge on any atom is 0.0929 e. The number of aryl methyl sites for hydroxylation is 1. The summed E-state index contributed by atoms with van der Waals surface area (Å²) >= 11 is 3.58. The summed E-state index contributed by atoms with van der Waals surface area (Å²) in [6.07, 6.45) is 6.20. The van der Waals surface area contributed by atoms with Gasteiger partial charge in [-0.1, -0.05) is 6.92 Å². The third-order valence-corrected chi connectivity index (χ3v) is 5.07. The lowest BCUT2D eigenvalue weighted by atomic mass is 9.74. The van der Waals surface area contributed by atoms with E-state index in [1.807, 2.05) is 24.9 Å². The van der Waals surface area contributed by atoms with Crippen molar-refractivity contribution in [3.63, 3.8) is 0 Å². The zero-order chi connectivity index (χ0) is 14.8. The van der Waals surface area contributed by atoms with E-state index in [0.717, 1.165) is 28.9 Å². The molecule has 1 aromatic rings. The maximum atomic E-state index is 6.20. The first-order valence-electron chi connectivity index (χ1n) is 7.31. The summed E-state index contributed by atoms with van der Waals surface area (Å²) in [5, 5.41) is 4.30. The molecule has 1 fully saturated rings. The minimum atomic E-state index is -0.244. The first-order chi connectivity index (χ1) is 9.54. The quantitative estimate of drug-likeness (QED) is 0.636.